The standard InChI is InChI=1S/C19H17ClN2OS/c20-14-4-3-5-15(12-14)21-8-10-22(11-9-21)17-13-24-18-7-2-1-6-16(18)19(17)23/h1-7,12-13H,8-11H2. The molecular weight excluding hydrogens is 340 g/mol. The van der Waals surface area contributed by atoms with Gasteiger partial charge in [0.25, 0.3) is 0 Å². The van der Waals surface area contributed by atoms with Gasteiger partial charge in [0.1, 0.15) is 0 Å². The van der Waals surface area contributed by atoms with E-state index in [-0.39, 0.29) is 5.43 Å². The molecule has 0 radical (unpaired) electrons. The Kier molecular flexibility index (Phi) is 4.17. The molecule has 0 saturated carbocycles. The Morgan fingerprint density at radius 1 is 0.917 bits per heavy atom. The molecule has 122 valence electrons. The van der Waals surface area contributed by atoms with Gasteiger partial charge in [-0.05, 0) is 30.3 Å². The SMILES string of the molecule is O=c1c(N2CCN(c3cccc(Cl)c3)CC2)csc2ccccc12. The molecule has 0 aliphatic carbocycles. The van der Waals surface area contributed by atoms with Gasteiger partial charge in [0, 0.05) is 52.4 Å². The zero-order chi connectivity index (χ0) is 16.5. The Morgan fingerprint density at radius 2 is 1.67 bits per heavy atom. The van der Waals surface area contributed by atoms with E-state index in [1.807, 2.05) is 47.8 Å². The molecule has 0 atom stereocenters. The summed E-state index contributed by atoms with van der Waals surface area (Å²) in [6.45, 7) is 3.45. The molecule has 2 heterocycles. The Balaban J connectivity index is 1.56. The number of fused-ring (bicyclic) bond motifs is 1. The van der Waals surface area contributed by atoms with Gasteiger partial charge in [-0.15, -0.1) is 11.3 Å². The van der Waals surface area contributed by atoms with E-state index in [0.29, 0.717) is 0 Å². The number of benzene rings is 2. The maximum absolute atomic E-state index is 12.8. The second kappa shape index (κ2) is 6.46. The van der Waals surface area contributed by atoms with Gasteiger partial charge in [-0.2, -0.15) is 0 Å². The van der Waals surface area contributed by atoms with Crippen molar-refractivity contribution in [2.24, 2.45) is 0 Å². The Labute approximate surface area is 149 Å². The topological polar surface area (TPSA) is 23.6 Å². The number of nitrogens with zero attached hydrogens (tertiary/aromatic N) is 2. The summed E-state index contributed by atoms with van der Waals surface area (Å²) in [4.78, 5) is 17.3. The largest absolute Gasteiger partial charge is 0.368 e. The van der Waals surface area contributed by atoms with E-state index >= 15 is 0 Å². The maximum atomic E-state index is 12.8. The van der Waals surface area contributed by atoms with Gasteiger partial charge >= 0.3 is 0 Å². The normalized spacial score (nSPS) is 15.0. The molecule has 0 amide bonds. The predicted octanol–water partition coefficient (Wildman–Crippen LogP) is 4.24. The van der Waals surface area contributed by atoms with E-state index in [2.05, 4.69) is 15.9 Å². The molecule has 1 aromatic heterocycles. The molecule has 0 spiro atoms. The van der Waals surface area contributed by atoms with Crippen LogP contribution in [0.5, 0.6) is 0 Å². The number of hydrogen-bond acceptors (Lipinski definition) is 4. The monoisotopic (exact) mass is 356 g/mol. The minimum atomic E-state index is 0.139. The van der Waals surface area contributed by atoms with Crippen LogP contribution < -0.4 is 15.2 Å². The van der Waals surface area contributed by atoms with Gasteiger partial charge in [-0.3, -0.25) is 4.79 Å². The highest BCUT2D eigenvalue weighted by Crippen LogP contribution is 2.24. The van der Waals surface area contributed by atoms with Crippen LogP contribution in [0.2, 0.25) is 5.02 Å². The summed E-state index contributed by atoms with van der Waals surface area (Å²) in [5.41, 5.74) is 2.11. The second-order valence-electron chi connectivity index (χ2n) is 5.90. The van der Waals surface area contributed by atoms with Crippen molar-refractivity contribution in [3.05, 3.63) is 69.2 Å². The van der Waals surface area contributed by atoms with Crippen molar-refractivity contribution in [3.8, 4) is 0 Å². The Morgan fingerprint density at radius 3 is 2.46 bits per heavy atom. The summed E-state index contributed by atoms with van der Waals surface area (Å²) < 4.78 is 1.05. The summed E-state index contributed by atoms with van der Waals surface area (Å²) in [6.07, 6.45) is 0. The maximum Gasteiger partial charge on any atom is 0.211 e. The van der Waals surface area contributed by atoms with Crippen LogP contribution in [0.15, 0.2) is 58.7 Å². The number of anilines is 2. The van der Waals surface area contributed by atoms with Crippen molar-refractivity contribution < 1.29 is 0 Å². The Hall–Kier alpha value is -2.04. The molecule has 5 heteroatoms. The fourth-order valence-electron chi connectivity index (χ4n) is 3.16. The first kappa shape index (κ1) is 15.5. The lowest BCUT2D eigenvalue weighted by Crippen LogP contribution is -2.47. The molecular formula is C19H17ClN2OS. The average molecular weight is 357 g/mol. The van der Waals surface area contributed by atoms with E-state index in [1.54, 1.807) is 11.3 Å². The van der Waals surface area contributed by atoms with Crippen LogP contribution in [0.4, 0.5) is 11.4 Å². The first-order chi connectivity index (χ1) is 11.7. The van der Waals surface area contributed by atoms with Crippen LogP contribution >= 0.6 is 22.9 Å². The van der Waals surface area contributed by atoms with E-state index in [4.69, 9.17) is 11.6 Å². The highest BCUT2D eigenvalue weighted by molar-refractivity contribution is 7.16. The lowest BCUT2D eigenvalue weighted by molar-refractivity contribution is 0.653. The number of rotatable bonds is 2. The molecule has 1 aliphatic rings. The summed E-state index contributed by atoms with van der Waals surface area (Å²) in [7, 11) is 0. The van der Waals surface area contributed by atoms with Crippen LogP contribution in [0.1, 0.15) is 0 Å². The molecule has 0 N–H and O–H groups in total. The van der Waals surface area contributed by atoms with Gasteiger partial charge in [0.15, 0.2) is 0 Å². The van der Waals surface area contributed by atoms with Crippen LogP contribution in [-0.4, -0.2) is 26.2 Å². The van der Waals surface area contributed by atoms with E-state index < -0.39 is 0 Å². The van der Waals surface area contributed by atoms with E-state index in [1.165, 1.54) is 0 Å². The Bertz CT molecular complexity index is 932. The molecule has 3 nitrogen and oxygen atoms in total. The molecule has 24 heavy (non-hydrogen) atoms. The number of piperazine rings is 1. The quantitative estimate of drug-likeness (QED) is 0.686. The van der Waals surface area contributed by atoms with Gasteiger partial charge in [0.05, 0.1) is 5.69 Å². The fraction of sp³-hybridized carbons (Fsp3) is 0.211. The highest BCUT2D eigenvalue weighted by Gasteiger charge is 2.20. The van der Waals surface area contributed by atoms with Crippen molar-refractivity contribution in [1.82, 2.24) is 0 Å². The van der Waals surface area contributed by atoms with Crippen molar-refractivity contribution in [2.75, 3.05) is 36.0 Å². The third-order valence-corrected chi connectivity index (χ3v) is 5.64. The fourth-order valence-corrected chi connectivity index (χ4v) is 4.29. The summed E-state index contributed by atoms with van der Waals surface area (Å²) in [5, 5.41) is 3.57. The summed E-state index contributed by atoms with van der Waals surface area (Å²) >= 11 is 7.73. The molecule has 1 fully saturated rings. The van der Waals surface area contributed by atoms with Crippen molar-refractivity contribution in [3.63, 3.8) is 0 Å². The van der Waals surface area contributed by atoms with Crippen molar-refractivity contribution in [2.45, 2.75) is 0 Å². The zero-order valence-corrected chi connectivity index (χ0v) is 14.7. The first-order valence-corrected chi connectivity index (χ1v) is 9.24. The van der Waals surface area contributed by atoms with Crippen molar-refractivity contribution >= 4 is 44.4 Å². The van der Waals surface area contributed by atoms with Crippen LogP contribution in [-0.2, 0) is 0 Å². The second-order valence-corrected chi connectivity index (χ2v) is 7.25. The van der Waals surface area contributed by atoms with Gasteiger partial charge in [0.2, 0.25) is 5.43 Å². The average Bonchev–Trinajstić information content (AvgIpc) is 2.63. The number of hydrogen-bond donors (Lipinski definition) is 0. The minimum Gasteiger partial charge on any atom is -0.368 e. The minimum absolute atomic E-state index is 0.139. The molecule has 1 aliphatic heterocycles. The number of halogens is 1. The van der Waals surface area contributed by atoms with Gasteiger partial charge in [-0.1, -0.05) is 29.8 Å². The molecule has 0 bridgehead atoms. The first-order valence-electron chi connectivity index (χ1n) is 7.98. The lowest BCUT2D eigenvalue weighted by atomic mass is 10.2. The smallest absolute Gasteiger partial charge is 0.211 e. The lowest BCUT2D eigenvalue weighted by Gasteiger charge is -2.37. The van der Waals surface area contributed by atoms with Gasteiger partial charge in [-0.25, -0.2) is 0 Å². The molecule has 4 rings (SSSR count). The predicted molar refractivity (Wildman–Crippen MR) is 104 cm³/mol. The highest BCUT2D eigenvalue weighted by atomic mass is 35.5. The van der Waals surface area contributed by atoms with E-state index in [0.717, 1.165) is 52.7 Å². The van der Waals surface area contributed by atoms with E-state index in [9.17, 15) is 4.79 Å². The molecule has 2 aromatic carbocycles. The molecule has 1 saturated heterocycles. The summed E-state index contributed by atoms with van der Waals surface area (Å²) in [6, 6.07) is 15.8. The van der Waals surface area contributed by atoms with Crippen LogP contribution in [0, 0.1) is 0 Å². The summed E-state index contributed by atoms with van der Waals surface area (Å²) in [5.74, 6) is 0. The van der Waals surface area contributed by atoms with Gasteiger partial charge < -0.3 is 9.80 Å². The van der Waals surface area contributed by atoms with Crippen LogP contribution in [0.25, 0.3) is 10.1 Å². The molecule has 3 aromatic rings. The third kappa shape index (κ3) is 2.87. The third-order valence-electron chi connectivity index (χ3n) is 4.46. The van der Waals surface area contributed by atoms with Crippen LogP contribution in [0.3, 0.4) is 0 Å². The van der Waals surface area contributed by atoms with Crippen molar-refractivity contribution in [1.29, 1.82) is 0 Å². The zero-order valence-electron chi connectivity index (χ0n) is 13.1. The molecule has 0 unspecified atom stereocenters.